The maximum Gasteiger partial charge on any atom is 0.254 e. The Labute approximate surface area is 200 Å². The number of hydrogen-bond acceptors (Lipinski definition) is 6. The maximum absolute atomic E-state index is 13.0. The molecule has 1 heterocycles. The molecule has 0 aliphatic carbocycles. The minimum Gasteiger partial charge on any atom is -0.395 e. The molecule has 0 radical (unpaired) electrons. The number of hydrogen-bond donors (Lipinski definition) is 2. The maximum atomic E-state index is 13.0. The van der Waals surface area contributed by atoms with E-state index in [0.717, 1.165) is 11.0 Å². The van der Waals surface area contributed by atoms with Crippen LogP contribution in [0.25, 0.3) is 0 Å². The summed E-state index contributed by atoms with van der Waals surface area (Å²) in [7, 11) is -7.34. The quantitative estimate of drug-likeness (QED) is 0.474. The third kappa shape index (κ3) is 6.51. The number of benzene rings is 2. The summed E-state index contributed by atoms with van der Waals surface area (Å²) in [5, 5.41) is 10.2. The monoisotopic (exact) mass is 507 g/mol. The molecule has 1 aliphatic rings. The highest BCUT2D eigenvalue weighted by Gasteiger charge is 2.33. The lowest BCUT2D eigenvalue weighted by atomic mass is 10.1. The first-order valence-electron chi connectivity index (χ1n) is 10.8. The van der Waals surface area contributed by atoms with Crippen molar-refractivity contribution in [3.63, 3.8) is 0 Å². The van der Waals surface area contributed by atoms with Crippen molar-refractivity contribution in [1.82, 2.24) is 13.9 Å². The third-order valence-corrected chi connectivity index (χ3v) is 8.54. The SMILES string of the molecule is C=CS(=O)(=O)NCC1CCN(S(=O)(=O)c2ccc(C(=O)N(CCO)Cc3ccccc3)cc2)C1. The molecule has 11 heteroatoms. The number of nitrogens with zero attached hydrogens (tertiary/aromatic N) is 2. The summed E-state index contributed by atoms with van der Waals surface area (Å²) in [5.74, 6) is -0.451. The van der Waals surface area contributed by atoms with Crippen LogP contribution in [0.4, 0.5) is 0 Å². The Morgan fingerprint density at radius 1 is 1.12 bits per heavy atom. The van der Waals surface area contributed by atoms with Gasteiger partial charge in [-0.3, -0.25) is 4.79 Å². The molecule has 9 nitrogen and oxygen atoms in total. The number of nitrogens with one attached hydrogen (secondary N) is 1. The number of aliphatic hydroxyl groups excluding tert-OH is 1. The Kier molecular flexibility index (Phi) is 8.61. The van der Waals surface area contributed by atoms with Crippen molar-refractivity contribution in [2.75, 3.05) is 32.8 Å². The average Bonchev–Trinajstić information content (AvgIpc) is 3.33. The Bertz CT molecular complexity index is 1200. The zero-order chi connectivity index (χ0) is 24.8. The van der Waals surface area contributed by atoms with Crippen molar-refractivity contribution in [2.45, 2.75) is 17.9 Å². The van der Waals surface area contributed by atoms with E-state index in [1.807, 2.05) is 30.3 Å². The van der Waals surface area contributed by atoms with Crippen molar-refractivity contribution in [1.29, 1.82) is 0 Å². The Hall–Kier alpha value is -2.57. The molecule has 2 aromatic rings. The summed E-state index contributed by atoms with van der Waals surface area (Å²) >= 11 is 0. The highest BCUT2D eigenvalue weighted by molar-refractivity contribution is 7.92. The lowest BCUT2D eigenvalue weighted by molar-refractivity contribution is 0.0707. The van der Waals surface area contributed by atoms with Crippen LogP contribution in [0, 0.1) is 5.92 Å². The molecule has 1 aliphatic heterocycles. The molecule has 0 bridgehead atoms. The van der Waals surface area contributed by atoms with Gasteiger partial charge in [0.2, 0.25) is 20.0 Å². The van der Waals surface area contributed by atoms with Gasteiger partial charge in [0.1, 0.15) is 0 Å². The van der Waals surface area contributed by atoms with Gasteiger partial charge in [-0.15, -0.1) is 0 Å². The van der Waals surface area contributed by atoms with E-state index in [4.69, 9.17) is 0 Å². The van der Waals surface area contributed by atoms with Gasteiger partial charge >= 0.3 is 0 Å². The van der Waals surface area contributed by atoms with Crippen LogP contribution in [0.15, 0.2) is 71.5 Å². The van der Waals surface area contributed by atoms with Crippen LogP contribution in [-0.4, -0.2) is 69.8 Å². The summed E-state index contributed by atoms with van der Waals surface area (Å²) in [4.78, 5) is 14.5. The number of aliphatic hydroxyl groups is 1. The Morgan fingerprint density at radius 3 is 2.41 bits per heavy atom. The fourth-order valence-electron chi connectivity index (χ4n) is 3.75. The van der Waals surface area contributed by atoms with Crippen LogP contribution in [-0.2, 0) is 26.6 Å². The van der Waals surface area contributed by atoms with E-state index >= 15 is 0 Å². The number of carbonyl (C=O) groups excluding carboxylic acids is 1. The Morgan fingerprint density at radius 2 is 1.79 bits per heavy atom. The van der Waals surface area contributed by atoms with Gasteiger partial charge in [0.15, 0.2) is 0 Å². The molecule has 184 valence electrons. The van der Waals surface area contributed by atoms with E-state index in [9.17, 15) is 26.7 Å². The second-order valence-electron chi connectivity index (χ2n) is 8.04. The topological polar surface area (TPSA) is 124 Å². The van der Waals surface area contributed by atoms with Crippen LogP contribution < -0.4 is 4.72 Å². The molecule has 1 unspecified atom stereocenters. The Balaban J connectivity index is 1.67. The normalized spacial score (nSPS) is 16.9. The third-order valence-electron chi connectivity index (χ3n) is 5.65. The van der Waals surface area contributed by atoms with E-state index in [2.05, 4.69) is 11.3 Å². The molecule has 2 aromatic carbocycles. The minimum absolute atomic E-state index is 0.0631. The van der Waals surface area contributed by atoms with Crippen LogP contribution in [0.3, 0.4) is 0 Å². The number of amides is 1. The molecule has 0 saturated carbocycles. The fraction of sp³-hybridized carbons (Fsp3) is 0.348. The predicted molar refractivity (Wildman–Crippen MR) is 129 cm³/mol. The van der Waals surface area contributed by atoms with Crippen molar-refractivity contribution < 1.29 is 26.7 Å². The summed E-state index contributed by atoms with van der Waals surface area (Å²) in [6.07, 6.45) is 0.533. The van der Waals surface area contributed by atoms with E-state index in [1.165, 1.54) is 33.5 Å². The highest BCUT2D eigenvalue weighted by Crippen LogP contribution is 2.25. The number of rotatable bonds is 11. The first-order chi connectivity index (χ1) is 16.2. The molecular formula is C23H29N3O6S2. The van der Waals surface area contributed by atoms with Crippen LogP contribution in [0.2, 0.25) is 0 Å². The number of sulfonamides is 2. The largest absolute Gasteiger partial charge is 0.395 e. The van der Waals surface area contributed by atoms with E-state index in [0.29, 0.717) is 18.5 Å². The van der Waals surface area contributed by atoms with Crippen molar-refractivity contribution in [3.05, 3.63) is 77.7 Å². The van der Waals surface area contributed by atoms with Crippen LogP contribution in [0.1, 0.15) is 22.3 Å². The molecule has 1 fully saturated rings. The second-order valence-corrected chi connectivity index (χ2v) is 11.7. The predicted octanol–water partition coefficient (Wildman–Crippen LogP) is 1.39. The minimum atomic E-state index is -3.78. The van der Waals surface area contributed by atoms with E-state index in [-0.39, 0.29) is 49.5 Å². The zero-order valence-electron chi connectivity index (χ0n) is 18.7. The van der Waals surface area contributed by atoms with Gasteiger partial charge in [-0.1, -0.05) is 36.9 Å². The fourth-order valence-corrected chi connectivity index (χ4v) is 5.87. The van der Waals surface area contributed by atoms with Gasteiger partial charge < -0.3 is 10.0 Å². The van der Waals surface area contributed by atoms with E-state index < -0.39 is 20.0 Å². The van der Waals surface area contributed by atoms with Gasteiger partial charge in [-0.2, -0.15) is 4.31 Å². The smallest absolute Gasteiger partial charge is 0.254 e. The van der Waals surface area contributed by atoms with Gasteiger partial charge in [-0.25, -0.2) is 21.6 Å². The average molecular weight is 508 g/mol. The first kappa shape index (κ1) is 26.0. The summed E-state index contributed by atoms with van der Waals surface area (Å²) in [6, 6.07) is 15.1. The molecule has 1 saturated heterocycles. The molecule has 3 rings (SSSR count). The van der Waals surface area contributed by atoms with Crippen molar-refractivity contribution in [3.8, 4) is 0 Å². The lowest BCUT2D eigenvalue weighted by Crippen LogP contribution is -2.33. The lowest BCUT2D eigenvalue weighted by Gasteiger charge is -2.22. The van der Waals surface area contributed by atoms with Crippen LogP contribution in [0.5, 0.6) is 0 Å². The molecule has 0 spiro atoms. The summed E-state index contributed by atoms with van der Waals surface area (Å²) in [5.41, 5.74) is 1.24. The first-order valence-corrected chi connectivity index (χ1v) is 13.8. The van der Waals surface area contributed by atoms with E-state index in [1.54, 1.807) is 0 Å². The molecule has 2 N–H and O–H groups in total. The highest BCUT2D eigenvalue weighted by atomic mass is 32.2. The van der Waals surface area contributed by atoms with Crippen LogP contribution >= 0.6 is 0 Å². The molecular weight excluding hydrogens is 478 g/mol. The van der Waals surface area contributed by atoms with Gasteiger partial charge in [0, 0.05) is 43.7 Å². The standard InChI is InChI=1S/C23H29N3O6S2/c1-2-33(29,30)24-16-20-12-13-26(18-20)34(31,32)22-10-8-21(9-11-22)23(28)25(14-15-27)17-19-6-4-3-5-7-19/h2-11,20,24,27H,1,12-18H2. The summed E-state index contributed by atoms with van der Waals surface area (Å²) in [6.45, 7) is 4.14. The summed E-state index contributed by atoms with van der Waals surface area (Å²) < 4.78 is 52.9. The molecule has 34 heavy (non-hydrogen) atoms. The molecule has 1 atom stereocenters. The second kappa shape index (κ2) is 11.2. The number of carbonyl (C=O) groups is 1. The van der Waals surface area contributed by atoms with Crippen molar-refractivity contribution >= 4 is 26.0 Å². The van der Waals surface area contributed by atoms with Gasteiger partial charge in [0.05, 0.1) is 11.5 Å². The van der Waals surface area contributed by atoms with Gasteiger partial charge in [0.25, 0.3) is 5.91 Å². The molecule has 1 amide bonds. The molecule has 0 aromatic heterocycles. The van der Waals surface area contributed by atoms with Crippen molar-refractivity contribution in [2.24, 2.45) is 5.92 Å². The zero-order valence-corrected chi connectivity index (χ0v) is 20.3. The van der Waals surface area contributed by atoms with Gasteiger partial charge in [-0.05, 0) is 42.2 Å².